The van der Waals surface area contributed by atoms with Gasteiger partial charge in [-0.15, -0.1) is 0 Å². The summed E-state index contributed by atoms with van der Waals surface area (Å²) in [5, 5.41) is 0. The lowest BCUT2D eigenvalue weighted by atomic mass is 10.2. The van der Waals surface area contributed by atoms with Crippen LogP contribution in [0.4, 0.5) is 0 Å². The molecule has 0 aliphatic carbocycles. The normalized spacial score (nSPS) is 11.2. The maximum atomic E-state index is 12.0. The minimum atomic E-state index is -0.287. The molecular formula is C17H16O2S. The molecule has 0 radical (unpaired) electrons. The average molecular weight is 284 g/mol. The van der Waals surface area contributed by atoms with Crippen molar-refractivity contribution in [3.63, 3.8) is 0 Å². The Hall–Kier alpha value is -2.00. The number of thioether (sulfide) groups is 1. The molecule has 0 N–H and O–H groups in total. The number of ether oxygens (including phenoxy) is 1. The van der Waals surface area contributed by atoms with Crippen LogP contribution in [0, 0.1) is 0 Å². The highest BCUT2D eigenvalue weighted by Crippen LogP contribution is 2.29. The van der Waals surface area contributed by atoms with Gasteiger partial charge in [0.05, 0.1) is 11.5 Å². The molecule has 3 heteroatoms. The van der Waals surface area contributed by atoms with Crippen LogP contribution in [-0.2, 0) is 9.53 Å². The molecule has 2 aromatic rings. The predicted octanol–water partition coefficient (Wildman–Crippen LogP) is 4.38. The molecule has 102 valence electrons. The maximum Gasteiger partial charge on any atom is 0.344 e. The summed E-state index contributed by atoms with van der Waals surface area (Å²) < 4.78 is 5.12. The highest BCUT2D eigenvalue weighted by Gasteiger charge is 2.12. The van der Waals surface area contributed by atoms with Crippen LogP contribution in [0.5, 0.6) is 0 Å². The van der Waals surface area contributed by atoms with Gasteiger partial charge in [0, 0.05) is 4.90 Å². The highest BCUT2D eigenvalue weighted by molar-refractivity contribution is 8.04. The van der Waals surface area contributed by atoms with Crippen molar-refractivity contribution >= 4 is 23.8 Å². The summed E-state index contributed by atoms with van der Waals surface area (Å²) in [5.41, 5.74) is 0.985. The van der Waals surface area contributed by atoms with E-state index in [0.29, 0.717) is 11.5 Å². The van der Waals surface area contributed by atoms with E-state index in [1.54, 1.807) is 0 Å². The highest BCUT2D eigenvalue weighted by atomic mass is 32.2. The molecule has 0 aliphatic heterocycles. The summed E-state index contributed by atoms with van der Waals surface area (Å²) in [6.07, 6.45) is 1.86. The van der Waals surface area contributed by atoms with Crippen LogP contribution in [0.3, 0.4) is 0 Å². The molecule has 20 heavy (non-hydrogen) atoms. The van der Waals surface area contributed by atoms with Crippen LogP contribution in [0.15, 0.2) is 70.5 Å². The second-order valence-corrected chi connectivity index (χ2v) is 5.17. The Labute approximate surface area is 123 Å². The lowest BCUT2D eigenvalue weighted by Crippen LogP contribution is -2.05. The van der Waals surface area contributed by atoms with Gasteiger partial charge in [-0.2, -0.15) is 0 Å². The minimum absolute atomic E-state index is 0.287. The Balaban J connectivity index is 2.25. The van der Waals surface area contributed by atoms with Crippen LogP contribution in [0.2, 0.25) is 0 Å². The predicted molar refractivity (Wildman–Crippen MR) is 83.4 cm³/mol. The van der Waals surface area contributed by atoms with E-state index >= 15 is 0 Å². The number of hydrogen-bond acceptors (Lipinski definition) is 3. The summed E-state index contributed by atoms with van der Waals surface area (Å²) in [6, 6.07) is 19.6. The van der Waals surface area contributed by atoms with E-state index in [1.807, 2.05) is 73.7 Å². The molecule has 2 nitrogen and oxygen atoms in total. The third-order valence-electron chi connectivity index (χ3n) is 2.54. The summed E-state index contributed by atoms with van der Waals surface area (Å²) in [7, 11) is 0. The molecule has 0 heterocycles. The minimum Gasteiger partial charge on any atom is -0.462 e. The molecule has 0 saturated carbocycles. The molecule has 0 unspecified atom stereocenters. The van der Waals surface area contributed by atoms with Crippen LogP contribution in [0.1, 0.15) is 12.5 Å². The molecule has 0 spiro atoms. The Morgan fingerprint density at radius 3 is 2.25 bits per heavy atom. The van der Waals surface area contributed by atoms with Crippen LogP contribution < -0.4 is 0 Å². The Morgan fingerprint density at radius 1 is 1.05 bits per heavy atom. The van der Waals surface area contributed by atoms with Crippen LogP contribution in [0.25, 0.3) is 6.08 Å². The Bertz CT molecular complexity index is 576. The monoisotopic (exact) mass is 284 g/mol. The molecule has 0 aliphatic rings. The first-order valence-corrected chi connectivity index (χ1v) is 7.28. The largest absolute Gasteiger partial charge is 0.462 e. The lowest BCUT2D eigenvalue weighted by molar-refractivity contribution is -0.137. The second-order valence-electron chi connectivity index (χ2n) is 4.05. The molecule has 0 atom stereocenters. The molecule has 0 saturated heterocycles. The van der Waals surface area contributed by atoms with E-state index in [2.05, 4.69) is 0 Å². The number of carbonyl (C=O) groups is 1. The maximum absolute atomic E-state index is 12.0. The lowest BCUT2D eigenvalue weighted by Gasteiger charge is -2.07. The van der Waals surface area contributed by atoms with E-state index in [9.17, 15) is 4.79 Å². The molecular weight excluding hydrogens is 268 g/mol. The fourth-order valence-corrected chi connectivity index (χ4v) is 2.53. The van der Waals surface area contributed by atoms with Gasteiger partial charge >= 0.3 is 5.97 Å². The first-order chi connectivity index (χ1) is 9.79. The summed E-state index contributed by atoms with van der Waals surface area (Å²) in [6.45, 7) is 2.19. The van der Waals surface area contributed by atoms with E-state index < -0.39 is 0 Å². The van der Waals surface area contributed by atoms with E-state index in [-0.39, 0.29) is 5.97 Å². The second kappa shape index (κ2) is 7.56. The first kappa shape index (κ1) is 14.4. The number of carbonyl (C=O) groups excluding carboxylic acids is 1. The molecule has 0 bridgehead atoms. The third kappa shape index (κ3) is 4.28. The topological polar surface area (TPSA) is 26.3 Å². The Morgan fingerprint density at radius 2 is 1.65 bits per heavy atom. The fourth-order valence-electron chi connectivity index (χ4n) is 1.65. The number of esters is 1. The third-order valence-corrected chi connectivity index (χ3v) is 3.56. The van der Waals surface area contributed by atoms with Crippen molar-refractivity contribution < 1.29 is 9.53 Å². The zero-order chi connectivity index (χ0) is 14.2. The molecule has 2 rings (SSSR count). The van der Waals surface area contributed by atoms with E-state index in [4.69, 9.17) is 4.74 Å². The molecule has 0 aromatic heterocycles. The Kier molecular flexibility index (Phi) is 5.44. The van der Waals surface area contributed by atoms with Crippen molar-refractivity contribution in [3.8, 4) is 0 Å². The van der Waals surface area contributed by atoms with Crippen LogP contribution in [-0.4, -0.2) is 12.6 Å². The number of benzene rings is 2. The smallest absolute Gasteiger partial charge is 0.344 e. The van der Waals surface area contributed by atoms with Crippen molar-refractivity contribution in [1.29, 1.82) is 0 Å². The van der Waals surface area contributed by atoms with Gasteiger partial charge in [0.15, 0.2) is 0 Å². The van der Waals surface area contributed by atoms with Gasteiger partial charge in [-0.05, 0) is 30.7 Å². The van der Waals surface area contributed by atoms with E-state index in [0.717, 1.165) is 10.5 Å². The van der Waals surface area contributed by atoms with Gasteiger partial charge in [-0.25, -0.2) is 4.79 Å². The van der Waals surface area contributed by atoms with Gasteiger partial charge in [-0.1, -0.05) is 60.3 Å². The molecule has 0 fully saturated rings. The summed E-state index contributed by atoms with van der Waals surface area (Å²) in [5.74, 6) is -0.287. The van der Waals surface area contributed by atoms with Crippen molar-refractivity contribution in [2.75, 3.05) is 6.61 Å². The quantitative estimate of drug-likeness (QED) is 0.463. The van der Waals surface area contributed by atoms with Gasteiger partial charge in [0.2, 0.25) is 0 Å². The van der Waals surface area contributed by atoms with Crippen molar-refractivity contribution in [2.24, 2.45) is 0 Å². The van der Waals surface area contributed by atoms with Gasteiger partial charge < -0.3 is 4.74 Å². The van der Waals surface area contributed by atoms with Gasteiger partial charge in [0.25, 0.3) is 0 Å². The van der Waals surface area contributed by atoms with Crippen molar-refractivity contribution in [3.05, 3.63) is 71.1 Å². The van der Waals surface area contributed by atoms with Crippen LogP contribution >= 0.6 is 11.8 Å². The summed E-state index contributed by atoms with van der Waals surface area (Å²) >= 11 is 1.42. The zero-order valence-electron chi connectivity index (χ0n) is 11.3. The SMILES string of the molecule is CCOC(=O)/C(=C/c1ccccc1)Sc1ccccc1. The van der Waals surface area contributed by atoms with Crippen molar-refractivity contribution in [1.82, 2.24) is 0 Å². The summed E-state index contributed by atoms with van der Waals surface area (Å²) in [4.78, 5) is 13.6. The van der Waals surface area contributed by atoms with Crippen molar-refractivity contribution in [2.45, 2.75) is 11.8 Å². The van der Waals surface area contributed by atoms with Gasteiger partial charge in [-0.3, -0.25) is 0 Å². The average Bonchev–Trinajstić information content (AvgIpc) is 2.49. The fraction of sp³-hybridized carbons (Fsp3) is 0.118. The first-order valence-electron chi connectivity index (χ1n) is 6.46. The standard InChI is InChI=1S/C17H16O2S/c1-2-19-17(18)16(13-14-9-5-3-6-10-14)20-15-11-7-4-8-12-15/h3-13H,2H2,1H3/b16-13-. The van der Waals surface area contributed by atoms with Gasteiger partial charge in [0.1, 0.15) is 0 Å². The molecule has 0 amide bonds. The van der Waals surface area contributed by atoms with E-state index in [1.165, 1.54) is 11.8 Å². The molecule has 2 aromatic carbocycles. The number of rotatable bonds is 5. The number of hydrogen-bond donors (Lipinski definition) is 0. The zero-order valence-corrected chi connectivity index (χ0v) is 12.1.